The number of hydrogen-bond acceptors (Lipinski definition) is 7. The van der Waals surface area contributed by atoms with Crippen molar-refractivity contribution >= 4 is 23.2 Å². The second kappa shape index (κ2) is 8.98. The largest absolute Gasteiger partial charge is 0.396 e. The average Bonchev–Trinajstić information content (AvgIpc) is 3.19. The number of nitro benzene ring substituents is 1. The van der Waals surface area contributed by atoms with E-state index in [2.05, 4.69) is 20.7 Å². The topological polar surface area (TPSA) is 135 Å². The number of carbonyl (C=O) groups excluding carboxylic acids is 1. The second-order valence-corrected chi connectivity index (χ2v) is 7.33. The fourth-order valence-electron chi connectivity index (χ4n) is 3.72. The lowest BCUT2D eigenvalue weighted by molar-refractivity contribution is -0.385. The van der Waals surface area contributed by atoms with Gasteiger partial charge in [-0.1, -0.05) is 30.3 Å². The maximum atomic E-state index is 13.4. The van der Waals surface area contributed by atoms with Crippen LogP contribution in [-0.2, 0) is 11.2 Å². The molecule has 0 aliphatic carbocycles. The quantitative estimate of drug-likeness (QED) is 0.384. The number of benzene rings is 2. The maximum Gasteiger partial charge on any atom is 0.275 e. The fourth-order valence-corrected chi connectivity index (χ4v) is 3.72. The van der Waals surface area contributed by atoms with Gasteiger partial charge in [-0.05, 0) is 31.5 Å². The molecular formula is C22H22N6O4. The molecule has 1 atom stereocenters. The molecule has 10 heteroatoms. The Morgan fingerprint density at radius 2 is 1.94 bits per heavy atom. The van der Waals surface area contributed by atoms with Crippen molar-refractivity contribution in [1.82, 2.24) is 14.8 Å². The van der Waals surface area contributed by atoms with Crippen molar-refractivity contribution in [3.8, 4) is 0 Å². The number of nitrogens with zero attached hydrogens (tertiary/aromatic N) is 4. The number of nitro groups is 1. The fraction of sp³-hybridized carbons (Fsp3) is 0.227. The average molecular weight is 434 g/mol. The molecule has 0 fully saturated rings. The van der Waals surface area contributed by atoms with E-state index in [0.29, 0.717) is 47.1 Å². The Kier molecular flexibility index (Phi) is 5.95. The lowest BCUT2D eigenvalue weighted by Crippen LogP contribution is -2.32. The summed E-state index contributed by atoms with van der Waals surface area (Å²) in [6, 6.07) is 14.4. The number of fused-ring (bicyclic) bond motifs is 1. The van der Waals surface area contributed by atoms with Gasteiger partial charge in [0.2, 0.25) is 5.95 Å². The number of rotatable bonds is 7. The number of anilines is 2. The minimum Gasteiger partial charge on any atom is -0.396 e. The molecule has 1 aliphatic heterocycles. The molecule has 1 aromatic heterocycles. The Bertz CT molecular complexity index is 1190. The predicted molar refractivity (Wildman–Crippen MR) is 118 cm³/mol. The highest BCUT2D eigenvalue weighted by Crippen LogP contribution is 2.39. The Labute approximate surface area is 183 Å². The van der Waals surface area contributed by atoms with Crippen LogP contribution < -0.4 is 10.6 Å². The van der Waals surface area contributed by atoms with Gasteiger partial charge in [0, 0.05) is 30.5 Å². The van der Waals surface area contributed by atoms with Crippen molar-refractivity contribution < 1.29 is 14.8 Å². The summed E-state index contributed by atoms with van der Waals surface area (Å²) in [5.74, 6) is 0.458. The molecule has 0 unspecified atom stereocenters. The number of aliphatic hydroxyl groups excluding tert-OH is 1. The van der Waals surface area contributed by atoms with E-state index in [-0.39, 0.29) is 12.3 Å². The van der Waals surface area contributed by atoms with Crippen LogP contribution in [-0.4, -0.2) is 37.3 Å². The minimum atomic E-state index is -0.855. The molecule has 10 nitrogen and oxygen atoms in total. The Morgan fingerprint density at radius 3 is 2.66 bits per heavy atom. The summed E-state index contributed by atoms with van der Waals surface area (Å²) < 4.78 is 1.50. The molecule has 0 saturated heterocycles. The molecular weight excluding hydrogens is 412 g/mol. The van der Waals surface area contributed by atoms with Crippen molar-refractivity contribution in [1.29, 1.82) is 0 Å². The van der Waals surface area contributed by atoms with Gasteiger partial charge in [0.25, 0.3) is 11.6 Å². The summed E-state index contributed by atoms with van der Waals surface area (Å²) in [7, 11) is 0. The smallest absolute Gasteiger partial charge is 0.275 e. The van der Waals surface area contributed by atoms with Crippen LogP contribution in [0.5, 0.6) is 0 Å². The number of aromatic nitrogens is 3. The van der Waals surface area contributed by atoms with E-state index in [4.69, 9.17) is 5.11 Å². The van der Waals surface area contributed by atoms with Gasteiger partial charge in [0.05, 0.1) is 16.1 Å². The molecule has 0 spiro atoms. The first-order chi connectivity index (χ1) is 15.5. The summed E-state index contributed by atoms with van der Waals surface area (Å²) in [5, 5.41) is 31.4. The van der Waals surface area contributed by atoms with Gasteiger partial charge in [0.1, 0.15) is 6.04 Å². The highest BCUT2D eigenvalue weighted by atomic mass is 16.6. The van der Waals surface area contributed by atoms with Gasteiger partial charge in [-0.25, -0.2) is 4.68 Å². The van der Waals surface area contributed by atoms with Crippen LogP contribution in [0.4, 0.5) is 17.3 Å². The summed E-state index contributed by atoms with van der Waals surface area (Å²) in [4.78, 5) is 29.1. The number of aryl methyl sites for hydroxylation is 1. The molecule has 1 amide bonds. The van der Waals surface area contributed by atoms with Crippen molar-refractivity contribution in [2.45, 2.75) is 25.8 Å². The number of aliphatic hydroxyl groups is 1. The SMILES string of the molecule is CC1=C(C(=O)Nc2ccccc2)[C@H](c2ccccc2[N+](=O)[O-])n2nc(CCCO)nc2N1. The third kappa shape index (κ3) is 4.08. The zero-order chi connectivity index (χ0) is 22.7. The van der Waals surface area contributed by atoms with Gasteiger partial charge in [-0.2, -0.15) is 10.1 Å². The van der Waals surface area contributed by atoms with E-state index >= 15 is 0 Å². The molecule has 4 rings (SSSR count). The Balaban J connectivity index is 1.83. The number of amides is 1. The lowest BCUT2D eigenvalue weighted by Gasteiger charge is -2.28. The number of nitrogens with one attached hydrogen (secondary N) is 2. The van der Waals surface area contributed by atoms with Crippen LogP contribution in [0.15, 0.2) is 65.9 Å². The minimum absolute atomic E-state index is 0.00705. The van der Waals surface area contributed by atoms with Crippen molar-refractivity contribution in [3.63, 3.8) is 0 Å². The first-order valence-corrected chi connectivity index (χ1v) is 10.1. The van der Waals surface area contributed by atoms with Crippen molar-refractivity contribution in [3.05, 3.63) is 87.4 Å². The monoisotopic (exact) mass is 434 g/mol. The molecule has 1 aliphatic rings. The second-order valence-electron chi connectivity index (χ2n) is 7.33. The van der Waals surface area contributed by atoms with Gasteiger partial charge >= 0.3 is 0 Å². The molecule has 2 heterocycles. The molecule has 0 saturated carbocycles. The normalized spacial score (nSPS) is 15.1. The van der Waals surface area contributed by atoms with E-state index < -0.39 is 16.9 Å². The molecule has 0 radical (unpaired) electrons. The van der Waals surface area contributed by atoms with Crippen LogP contribution >= 0.6 is 0 Å². The molecule has 0 bridgehead atoms. The zero-order valence-corrected chi connectivity index (χ0v) is 17.4. The highest BCUT2D eigenvalue weighted by Gasteiger charge is 2.37. The van der Waals surface area contributed by atoms with Gasteiger partial charge in [-0.15, -0.1) is 0 Å². The number of para-hydroxylation sites is 2. The molecule has 3 N–H and O–H groups in total. The van der Waals surface area contributed by atoms with E-state index in [1.807, 2.05) is 6.07 Å². The van der Waals surface area contributed by atoms with Crippen LogP contribution in [0.25, 0.3) is 0 Å². The van der Waals surface area contributed by atoms with Gasteiger partial charge in [-0.3, -0.25) is 14.9 Å². The third-order valence-corrected chi connectivity index (χ3v) is 5.16. The molecule has 32 heavy (non-hydrogen) atoms. The van der Waals surface area contributed by atoms with E-state index in [1.54, 1.807) is 49.4 Å². The molecule has 164 valence electrons. The summed E-state index contributed by atoms with van der Waals surface area (Å²) >= 11 is 0. The Morgan fingerprint density at radius 1 is 1.22 bits per heavy atom. The van der Waals surface area contributed by atoms with Crippen molar-refractivity contribution in [2.24, 2.45) is 0 Å². The summed E-state index contributed by atoms with van der Waals surface area (Å²) in [6.07, 6.45) is 0.916. The number of carbonyl (C=O) groups is 1. The lowest BCUT2D eigenvalue weighted by atomic mass is 9.93. The summed E-state index contributed by atoms with van der Waals surface area (Å²) in [6.45, 7) is 1.72. The number of allylic oxidation sites excluding steroid dienone is 1. The summed E-state index contributed by atoms with van der Waals surface area (Å²) in [5.41, 5.74) is 1.64. The van der Waals surface area contributed by atoms with Gasteiger partial charge in [0.15, 0.2) is 5.82 Å². The maximum absolute atomic E-state index is 13.4. The van der Waals surface area contributed by atoms with Crippen molar-refractivity contribution in [2.75, 3.05) is 17.2 Å². The first-order valence-electron chi connectivity index (χ1n) is 10.1. The first kappa shape index (κ1) is 21.2. The van der Waals surface area contributed by atoms with E-state index in [9.17, 15) is 14.9 Å². The van der Waals surface area contributed by atoms with Gasteiger partial charge < -0.3 is 15.7 Å². The van der Waals surface area contributed by atoms with Crippen LogP contribution in [0, 0.1) is 10.1 Å². The number of hydrogen-bond donors (Lipinski definition) is 3. The molecule has 3 aromatic rings. The molecule has 2 aromatic carbocycles. The van der Waals surface area contributed by atoms with Crippen LogP contribution in [0.1, 0.15) is 30.8 Å². The van der Waals surface area contributed by atoms with E-state index in [1.165, 1.54) is 10.7 Å². The highest BCUT2D eigenvalue weighted by molar-refractivity contribution is 6.06. The van der Waals surface area contributed by atoms with Crippen LogP contribution in [0.2, 0.25) is 0 Å². The van der Waals surface area contributed by atoms with Crippen LogP contribution in [0.3, 0.4) is 0 Å². The Hall–Kier alpha value is -4.05. The predicted octanol–water partition coefficient (Wildman–Crippen LogP) is 3.04. The zero-order valence-electron chi connectivity index (χ0n) is 17.4. The third-order valence-electron chi connectivity index (χ3n) is 5.16. The standard InChI is InChI=1S/C22H22N6O4/c1-14-19(21(30)24-15-8-3-2-4-9-15)20(16-10-5-6-11-17(16)28(31)32)27-22(23-14)25-18(26-27)12-7-13-29/h2-6,8-11,20,29H,7,12-13H2,1H3,(H,24,30)(H,23,25,26)/t20-/m0/s1. The van der Waals surface area contributed by atoms with E-state index in [0.717, 1.165) is 0 Å².